The summed E-state index contributed by atoms with van der Waals surface area (Å²) in [6, 6.07) is 0. The molecule has 1 aromatic heterocycles. The maximum Gasteiger partial charge on any atom is 0.199 e. The molecule has 1 N–H and O–H groups in total. The summed E-state index contributed by atoms with van der Waals surface area (Å²) in [7, 11) is 0. The second kappa shape index (κ2) is 5.25. The lowest BCUT2D eigenvalue weighted by molar-refractivity contribution is 0.0966. The number of Topliss-reactive ketones (excluding diaryl/α,β-unsaturated/α-hetero) is 1. The summed E-state index contributed by atoms with van der Waals surface area (Å²) < 4.78 is 1.87. The third-order valence-corrected chi connectivity index (χ3v) is 2.31. The Hall–Kier alpha value is -1.16. The van der Waals surface area contributed by atoms with Gasteiger partial charge >= 0.3 is 0 Å². The Kier molecular flexibility index (Phi) is 4.24. The summed E-state index contributed by atoms with van der Waals surface area (Å²) in [6.07, 6.45) is 4.01. The molecular weight excluding hydrogens is 202 g/mol. The van der Waals surface area contributed by atoms with Crippen LogP contribution in [-0.4, -0.2) is 27.4 Å². The Morgan fingerprint density at radius 3 is 2.75 bits per heavy atom. The average molecular weight is 223 g/mol. The molecule has 4 nitrogen and oxygen atoms in total. The molecule has 0 aliphatic rings. The lowest BCUT2D eigenvalue weighted by Crippen LogP contribution is -2.37. The third-order valence-electron chi connectivity index (χ3n) is 2.31. The maximum absolute atomic E-state index is 11.8. The lowest BCUT2D eigenvalue weighted by atomic mass is 10.1. The standard InChI is InChI=1S/C12H21N3O/c1-5-15-9-8-13-11(15)10(16)6-7-14-12(2,3)4/h8-9,14H,5-7H2,1-4H3. The molecule has 0 unspecified atom stereocenters. The largest absolute Gasteiger partial charge is 0.329 e. The van der Waals surface area contributed by atoms with Gasteiger partial charge in [0.25, 0.3) is 0 Å². The molecule has 90 valence electrons. The van der Waals surface area contributed by atoms with E-state index in [1.54, 1.807) is 6.20 Å². The van der Waals surface area contributed by atoms with Crippen molar-refractivity contribution in [1.29, 1.82) is 0 Å². The zero-order valence-electron chi connectivity index (χ0n) is 10.6. The Labute approximate surface area is 97.1 Å². The van der Waals surface area contributed by atoms with Gasteiger partial charge in [0.1, 0.15) is 0 Å². The van der Waals surface area contributed by atoms with Crippen LogP contribution < -0.4 is 5.32 Å². The first-order valence-corrected chi connectivity index (χ1v) is 5.73. The Bertz CT molecular complexity index is 349. The molecule has 0 saturated carbocycles. The van der Waals surface area contributed by atoms with Crippen LogP contribution in [0.5, 0.6) is 0 Å². The number of nitrogens with zero attached hydrogens (tertiary/aromatic N) is 2. The van der Waals surface area contributed by atoms with Crippen LogP contribution in [0.1, 0.15) is 44.7 Å². The predicted octanol–water partition coefficient (Wildman–Crippen LogP) is 1.86. The van der Waals surface area contributed by atoms with Gasteiger partial charge in [0, 0.05) is 37.4 Å². The fourth-order valence-corrected chi connectivity index (χ4v) is 1.48. The van der Waals surface area contributed by atoms with E-state index >= 15 is 0 Å². The number of aromatic nitrogens is 2. The predicted molar refractivity (Wildman–Crippen MR) is 64.6 cm³/mol. The van der Waals surface area contributed by atoms with E-state index in [1.165, 1.54) is 0 Å². The smallest absolute Gasteiger partial charge is 0.199 e. The summed E-state index contributed by atoms with van der Waals surface area (Å²) in [6.45, 7) is 9.75. The highest BCUT2D eigenvalue weighted by molar-refractivity contribution is 5.92. The highest BCUT2D eigenvalue weighted by atomic mass is 16.1. The second-order valence-corrected chi connectivity index (χ2v) is 4.89. The van der Waals surface area contributed by atoms with Crippen molar-refractivity contribution >= 4 is 5.78 Å². The molecular formula is C12H21N3O. The Morgan fingerprint density at radius 2 is 2.19 bits per heavy atom. The summed E-state index contributed by atoms with van der Waals surface area (Å²) in [5, 5.41) is 3.29. The Balaban J connectivity index is 2.47. The monoisotopic (exact) mass is 223 g/mol. The molecule has 16 heavy (non-hydrogen) atoms. The van der Waals surface area contributed by atoms with Gasteiger partial charge in [0.05, 0.1) is 0 Å². The number of rotatable bonds is 5. The van der Waals surface area contributed by atoms with Crippen LogP contribution in [0, 0.1) is 0 Å². The molecule has 0 bridgehead atoms. The van der Waals surface area contributed by atoms with Gasteiger partial charge in [-0.25, -0.2) is 4.98 Å². The van der Waals surface area contributed by atoms with Gasteiger partial charge in [-0.15, -0.1) is 0 Å². The molecule has 0 fully saturated rings. The van der Waals surface area contributed by atoms with Crippen LogP contribution in [-0.2, 0) is 6.54 Å². The van der Waals surface area contributed by atoms with E-state index in [0.717, 1.165) is 6.54 Å². The fraction of sp³-hybridized carbons (Fsp3) is 0.667. The van der Waals surface area contributed by atoms with Crippen molar-refractivity contribution in [3.63, 3.8) is 0 Å². The molecule has 0 spiro atoms. The van der Waals surface area contributed by atoms with Gasteiger partial charge in [0.15, 0.2) is 11.6 Å². The van der Waals surface area contributed by atoms with Gasteiger partial charge in [-0.05, 0) is 27.7 Å². The van der Waals surface area contributed by atoms with Crippen molar-refractivity contribution < 1.29 is 4.79 Å². The molecule has 0 aliphatic heterocycles. The van der Waals surface area contributed by atoms with E-state index in [1.807, 2.05) is 17.7 Å². The van der Waals surface area contributed by atoms with Crippen LogP contribution >= 0.6 is 0 Å². The number of hydrogen-bond acceptors (Lipinski definition) is 3. The van der Waals surface area contributed by atoms with Crippen molar-refractivity contribution in [3.05, 3.63) is 18.2 Å². The molecule has 0 aliphatic carbocycles. The first-order chi connectivity index (χ1) is 7.44. The van der Waals surface area contributed by atoms with Gasteiger partial charge in [0.2, 0.25) is 0 Å². The molecule has 0 amide bonds. The SMILES string of the molecule is CCn1ccnc1C(=O)CCNC(C)(C)C. The highest BCUT2D eigenvalue weighted by Gasteiger charge is 2.13. The van der Waals surface area contributed by atoms with Gasteiger partial charge in [-0.1, -0.05) is 0 Å². The number of nitrogens with one attached hydrogen (secondary N) is 1. The quantitative estimate of drug-likeness (QED) is 0.775. The third kappa shape index (κ3) is 3.77. The maximum atomic E-state index is 11.8. The van der Waals surface area contributed by atoms with E-state index in [-0.39, 0.29) is 11.3 Å². The molecule has 0 atom stereocenters. The number of aryl methyl sites for hydroxylation is 1. The van der Waals surface area contributed by atoms with Crippen molar-refractivity contribution in [3.8, 4) is 0 Å². The molecule has 4 heteroatoms. The van der Waals surface area contributed by atoms with E-state index in [0.29, 0.717) is 18.8 Å². The van der Waals surface area contributed by atoms with E-state index < -0.39 is 0 Å². The molecule has 0 aromatic carbocycles. The van der Waals surface area contributed by atoms with Crippen LogP contribution in [0.25, 0.3) is 0 Å². The average Bonchev–Trinajstić information content (AvgIpc) is 2.63. The minimum absolute atomic E-state index is 0.0560. The van der Waals surface area contributed by atoms with Gasteiger partial charge in [-0.3, -0.25) is 4.79 Å². The van der Waals surface area contributed by atoms with Crippen molar-refractivity contribution in [2.24, 2.45) is 0 Å². The number of carbonyl (C=O) groups excluding carboxylic acids is 1. The van der Waals surface area contributed by atoms with Gasteiger partial charge < -0.3 is 9.88 Å². The molecule has 1 aromatic rings. The molecule has 0 radical (unpaired) electrons. The minimum Gasteiger partial charge on any atom is -0.329 e. The van der Waals surface area contributed by atoms with Gasteiger partial charge in [-0.2, -0.15) is 0 Å². The number of carbonyl (C=O) groups is 1. The summed E-state index contributed by atoms with van der Waals surface area (Å²) in [5.74, 6) is 0.668. The molecule has 0 saturated heterocycles. The summed E-state index contributed by atoms with van der Waals surface area (Å²) in [5.41, 5.74) is 0.0560. The zero-order chi connectivity index (χ0) is 12.2. The normalized spacial score (nSPS) is 11.8. The second-order valence-electron chi connectivity index (χ2n) is 4.89. The Morgan fingerprint density at radius 1 is 1.50 bits per heavy atom. The highest BCUT2D eigenvalue weighted by Crippen LogP contribution is 2.03. The topological polar surface area (TPSA) is 46.9 Å². The lowest BCUT2D eigenvalue weighted by Gasteiger charge is -2.20. The summed E-state index contributed by atoms with van der Waals surface area (Å²) in [4.78, 5) is 15.9. The van der Waals surface area contributed by atoms with Crippen LogP contribution in [0.2, 0.25) is 0 Å². The number of ketones is 1. The van der Waals surface area contributed by atoms with Crippen molar-refractivity contribution in [2.45, 2.75) is 46.2 Å². The van der Waals surface area contributed by atoms with E-state index in [4.69, 9.17) is 0 Å². The van der Waals surface area contributed by atoms with E-state index in [9.17, 15) is 4.79 Å². The number of hydrogen-bond donors (Lipinski definition) is 1. The van der Waals surface area contributed by atoms with E-state index in [2.05, 4.69) is 31.1 Å². The minimum atomic E-state index is 0.0560. The first-order valence-electron chi connectivity index (χ1n) is 5.73. The summed E-state index contributed by atoms with van der Waals surface area (Å²) >= 11 is 0. The van der Waals surface area contributed by atoms with Crippen molar-refractivity contribution in [1.82, 2.24) is 14.9 Å². The first kappa shape index (κ1) is 12.9. The molecule has 1 heterocycles. The van der Waals surface area contributed by atoms with Crippen molar-refractivity contribution in [2.75, 3.05) is 6.54 Å². The van der Waals surface area contributed by atoms with Crippen LogP contribution in [0.3, 0.4) is 0 Å². The van der Waals surface area contributed by atoms with Crippen LogP contribution in [0.4, 0.5) is 0 Å². The number of imidazole rings is 1. The molecule has 1 rings (SSSR count). The zero-order valence-corrected chi connectivity index (χ0v) is 10.6. The van der Waals surface area contributed by atoms with Crippen LogP contribution in [0.15, 0.2) is 12.4 Å². The fourth-order valence-electron chi connectivity index (χ4n) is 1.48.